The Morgan fingerprint density at radius 1 is 0.617 bits per heavy atom. The molecule has 0 amide bonds. The Balaban J connectivity index is 0.000000150. The van der Waals surface area contributed by atoms with E-state index in [2.05, 4.69) is 129 Å². The van der Waals surface area contributed by atoms with Crippen LogP contribution in [0.1, 0.15) is 9.88 Å². The SMILES string of the molecule is Brc1cnc2nc(-c3ccc(NCc4nccs4)cc3)[nH]c2c1.Brc1csc(CNc2ccc(-c3nc4ncc(Br)cc4[nH]3)cc2)c1. The molecular formula is C33H24Br3N9S2. The van der Waals surface area contributed by atoms with Crippen LogP contribution in [0.25, 0.3) is 45.1 Å². The highest BCUT2D eigenvalue weighted by Crippen LogP contribution is 2.26. The summed E-state index contributed by atoms with van der Waals surface area (Å²) >= 11 is 13.7. The number of nitrogens with one attached hydrogen (secondary N) is 4. The standard InChI is InChI=1S/C17H12Br2N4S.C16H12BrN5S/c18-11-6-15-17(21-7-11)23-16(22-15)10-1-3-13(4-2-10)20-8-14-5-12(19)9-24-14;17-11-7-13-16(20-8-11)22-15(21-13)10-1-3-12(4-2-10)19-9-14-18-5-6-23-14/h1-7,9,20H,8H2,(H,21,22,23);1-8,19H,9H2,(H,20,21,22). The minimum Gasteiger partial charge on any atom is -0.380 e. The van der Waals surface area contributed by atoms with Crippen LogP contribution in [0, 0.1) is 0 Å². The van der Waals surface area contributed by atoms with E-state index >= 15 is 0 Å². The Hall–Kier alpha value is -3.95. The van der Waals surface area contributed by atoms with Gasteiger partial charge in [0, 0.05) is 76.7 Å². The van der Waals surface area contributed by atoms with E-state index in [4.69, 9.17) is 0 Å². The summed E-state index contributed by atoms with van der Waals surface area (Å²) in [6.07, 6.45) is 5.32. The van der Waals surface area contributed by atoms with E-state index in [1.54, 1.807) is 35.1 Å². The Bertz CT molecular complexity index is 2240. The second kappa shape index (κ2) is 14.4. The molecule has 0 saturated carbocycles. The number of fused-ring (bicyclic) bond motifs is 2. The number of rotatable bonds is 8. The molecule has 0 aliphatic carbocycles. The molecule has 0 unspecified atom stereocenters. The number of anilines is 2. The summed E-state index contributed by atoms with van der Waals surface area (Å²) in [6, 6.07) is 22.5. The average Bonchev–Trinajstić information content (AvgIpc) is 3.91. The minimum atomic E-state index is 0.717. The summed E-state index contributed by atoms with van der Waals surface area (Å²) in [5.74, 6) is 1.64. The zero-order valence-electron chi connectivity index (χ0n) is 24.3. The van der Waals surface area contributed by atoms with Crippen molar-refractivity contribution in [2.75, 3.05) is 10.6 Å². The molecule has 234 valence electrons. The summed E-state index contributed by atoms with van der Waals surface area (Å²) in [5.41, 5.74) is 7.48. The van der Waals surface area contributed by atoms with Crippen molar-refractivity contribution in [3.63, 3.8) is 0 Å². The number of benzene rings is 2. The molecule has 0 bridgehead atoms. The summed E-state index contributed by atoms with van der Waals surface area (Å²) in [7, 11) is 0. The molecule has 0 radical (unpaired) electrons. The fraction of sp³-hybridized carbons (Fsp3) is 0.0606. The molecule has 9 nitrogen and oxygen atoms in total. The summed E-state index contributed by atoms with van der Waals surface area (Å²) in [4.78, 5) is 29.8. The lowest BCUT2D eigenvalue weighted by Gasteiger charge is -2.05. The molecule has 4 N–H and O–H groups in total. The monoisotopic (exact) mass is 847 g/mol. The molecule has 0 saturated heterocycles. The Labute approximate surface area is 302 Å². The fourth-order valence-electron chi connectivity index (χ4n) is 4.67. The van der Waals surface area contributed by atoms with Crippen LogP contribution in [0.2, 0.25) is 0 Å². The number of halogens is 3. The number of thiophene rings is 1. The van der Waals surface area contributed by atoms with Crippen molar-refractivity contribution in [3.05, 3.63) is 119 Å². The number of nitrogens with zero attached hydrogens (tertiary/aromatic N) is 5. The molecule has 0 atom stereocenters. The molecule has 8 aromatic rings. The average molecular weight is 850 g/mol. The third-order valence-corrected chi connectivity index (χ3v) is 10.3. The molecule has 6 aromatic heterocycles. The lowest BCUT2D eigenvalue weighted by Crippen LogP contribution is -1.98. The summed E-state index contributed by atoms with van der Waals surface area (Å²) in [6.45, 7) is 1.55. The van der Waals surface area contributed by atoms with E-state index in [0.29, 0.717) is 5.65 Å². The van der Waals surface area contributed by atoms with E-state index in [1.807, 2.05) is 48.0 Å². The molecule has 0 aliphatic rings. The highest BCUT2D eigenvalue weighted by Gasteiger charge is 2.08. The van der Waals surface area contributed by atoms with E-state index in [-0.39, 0.29) is 0 Å². The van der Waals surface area contributed by atoms with Crippen molar-refractivity contribution in [3.8, 4) is 22.8 Å². The maximum absolute atomic E-state index is 4.54. The van der Waals surface area contributed by atoms with Crippen molar-refractivity contribution in [1.82, 2.24) is 34.9 Å². The first-order valence-electron chi connectivity index (χ1n) is 14.3. The van der Waals surface area contributed by atoms with Gasteiger partial charge in [0.25, 0.3) is 0 Å². The maximum Gasteiger partial charge on any atom is 0.178 e. The van der Waals surface area contributed by atoms with Crippen molar-refractivity contribution in [2.45, 2.75) is 13.1 Å². The van der Waals surface area contributed by atoms with E-state index in [9.17, 15) is 0 Å². The molecule has 0 spiro atoms. The van der Waals surface area contributed by atoms with Gasteiger partial charge in [0.15, 0.2) is 11.3 Å². The molecule has 8 rings (SSSR count). The lowest BCUT2D eigenvalue weighted by atomic mass is 10.2. The number of aromatic nitrogens is 7. The van der Waals surface area contributed by atoms with Crippen LogP contribution in [0.3, 0.4) is 0 Å². The van der Waals surface area contributed by atoms with Crippen molar-refractivity contribution < 1.29 is 0 Å². The number of pyridine rings is 2. The predicted octanol–water partition coefficient (Wildman–Crippen LogP) is 10.3. The molecular weight excluding hydrogens is 826 g/mol. The van der Waals surface area contributed by atoms with Gasteiger partial charge in [-0.1, -0.05) is 0 Å². The van der Waals surface area contributed by atoms with Gasteiger partial charge in [-0.2, -0.15) is 0 Å². The second-order valence-electron chi connectivity index (χ2n) is 10.2. The van der Waals surface area contributed by atoms with Gasteiger partial charge < -0.3 is 20.6 Å². The van der Waals surface area contributed by atoms with E-state index in [0.717, 1.165) is 82.3 Å². The summed E-state index contributed by atoms with van der Waals surface area (Å²) in [5, 5.41) is 11.9. The number of H-pyrrole nitrogens is 2. The smallest absolute Gasteiger partial charge is 0.178 e. The van der Waals surface area contributed by atoms with Crippen LogP contribution in [0.4, 0.5) is 11.4 Å². The number of aromatic amines is 2. The van der Waals surface area contributed by atoms with E-state index in [1.165, 1.54) is 4.88 Å². The van der Waals surface area contributed by atoms with Crippen molar-refractivity contribution >= 4 is 104 Å². The number of thiazole rings is 1. The van der Waals surface area contributed by atoms with Gasteiger partial charge in [0.05, 0.1) is 17.6 Å². The van der Waals surface area contributed by atoms with Crippen LogP contribution >= 0.6 is 70.5 Å². The topological polar surface area (TPSA) is 120 Å². The maximum atomic E-state index is 4.54. The summed E-state index contributed by atoms with van der Waals surface area (Å²) < 4.78 is 3.00. The lowest BCUT2D eigenvalue weighted by molar-refractivity contribution is 1.10. The first kappa shape index (κ1) is 31.6. The highest BCUT2D eigenvalue weighted by atomic mass is 79.9. The highest BCUT2D eigenvalue weighted by molar-refractivity contribution is 9.11. The van der Waals surface area contributed by atoms with Gasteiger partial charge in [0.2, 0.25) is 0 Å². The van der Waals surface area contributed by atoms with Gasteiger partial charge in [-0.15, -0.1) is 22.7 Å². The normalized spacial score (nSPS) is 11.0. The van der Waals surface area contributed by atoms with Gasteiger partial charge in [-0.3, -0.25) is 0 Å². The van der Waals surface area contributed by atoms with Crippen molar-refractivity contribution in [2.24, 2.45) is 0 Å². The Kier molecular flexibility index (Phi) is 9.72. The quantitative estimate of drug-likeness (QED) is 0.120. The molecule has 2 aromatic carbocycles. The molecule has 0 aliphatic heterocycles. The first-order valence-corrected chi connectivity index (χ1v) is 18.4. The number of imidazole rings is 2. The predicted molar refractivity (Wildman–Crippen MR) is 203 cm³/mol. The molecule has 47 heavy (non-hydrogen) atoms. The van der Waals surface area contributed by atoms with Gasteiger partial charge in [-0.25, -0.2) is 24.9 Å². The zero-order valence-corrected chi connectivity index (χ0v) is 30.7. The molecule has 0 fully saturated rings. The van der Waals surface area contributed by atoms with E-state index < -0.39 is 0 Å². The molecule has 14 heteroatoms. The minimum absolute atomic E-state index is 0.717. The van der Waals surface area contributed by atoms with Crippen LogP contribution in [0.5, 0.6) is 0 Å². The van der Waals surface area contributed by atoms with Crippen LogP contribution < -0.4 is 10.6 Å². The Morgan fingerprint density at radius 2 is 1.17 bits per heavy atom. The number of hydrogen-bond acceptors (Lipinski definition) is 9. The van der Waals surface area contributed by atoms with Gasteiger partial charge in [-0.05, 0) is 115 Å². The zero-order chi connectivity index (χ0) is 32.2. The first-order chi connectivity index (χ1) is 22.9. The van der Waals surface area contributed by atoms with Crippen LogP contribution in [0.15, 0.2) is 109 Å². The Morgan fingerprint density at radius 3 is 1.66 bits per heavy atom. The van der Waals surface area contributed by atoms with Gasteiger partial charge in [0.1, 0.15) is 16.7 Å². The van der Waals surface area contributed by atoms with Gasteiger partial charge >= 0.3 is 0 Å². The fourth-order valence-corrected chi connectivity index (χ4v) is 7.28. The van der Waals surface area contributed by atoms with Crippen LogP contribution in [-0.2, 0) is 13.1 Å². The largest absolute Gasteiger partial charge is 0.380 e. The van der Waals surface area contributed by atoms with Crippen LogP contribution in [-0.4, -0.2) is 34.9 Å². The third-order valence-electron chi connectivity index (χ3n) is 6.94. The molecule has 6 heterocycles. The third kappa shape index (κ3) is 7.96. The van der Waals surface area contributed by atoms with Crippen molar-refractivity contribution in [1.29, 1.82) is 0 Å². The second-order valence-corrected chi connectivity index (χ2v) is 15.0. The number of hydrogen-bond donors (Lipinski definition) is 4.